The van der Waals surface area contributed by atoms with Gasteiger partial charge < -0.3 is 14.8 Å². The highest BCUT2D eigenvalue weighted by Crippen LogP contribution is 2.31. The fourth-order valence-electron chi connectivity index (χ4n) is 2.69. The van der Waals surface area contributed by atoms with E-state index in [0.29, 0.717) is 5.56 Å². The first kappa shape index (κ1) is 18.3. The Balaban J connectivity index is 1.94. The summed E-state index contributed by atoms with van der Waals surface area (Å²) in [6.07, 6.45) is -5.18. The molecule has 0 aromatic heterocycles. The lowest BCUT2D eigenvalue weighted by atomic mass is 9.90. The first-order chi connectivity index (χ1) is 11.3. The van der Waals surface area contributed by atoms with E-state index in [1.54, 1.807) is 24.3 Å². The van der Waals surface area contributed by atoms with Crippen molar-refractivity contribution < 1.29 is 27.9 Å². The zero-order chi connectivity index (χ0) is 17.7. The molecule has 1 unspecified atom stereocenters. The predicted molar refractivity (Wildman–Crippen MR) is 81.7 cm³/mol. The number of aliphatic hydroxyl groups excluding tert-OH is 1. The predicted octanol–water partition coefficient (Wildman–Crippen LogP) is 2.44. The number of hydrogen-bond donors (Lipinski definition) is 1. The van der Waals surface area contributed by atoms with Crippen molar-refractivity contribution >= 4 is 12.1 Å². The number of oxime groups is 1. The molecule has 0 spiro atoms. The van der Waals surface area contributed by atoms with E-state index in [0.717, 1.165) is 5.56 Å². The molecule has 132 valence electrons. The van der Waals surface area contributed by atoms with Crippen LogP contribution in [-0.2, 0) is 4.84 Å². The first-order valence-electron chi connectivity index (χ1n) is 7.53. The molecule has 1 aliphatic rings. The number of alkyl halides is 3. The van der Waals surface area contributed by atoms with Crippen molar-refractivity contribution in [3.8, 4) is 0 Å². The number of amides is 1. The molecular formula is C16H19F3N2O3. The maximum Gasteiger partial charge on any atom is 0.414 e. The minimum absolute atomic E-state index is 0.130. The van der Waals surface area contributed by atoms with E-state index in [1.165, 1.54) is 18.2 Å². The van der Waals surface area contributed by atoms with E-state index in [-0.39, 0.29) is 31.8 Å². The number of piperidine rings is 1. The highest BCUT2D eigenvalue weighted by molar-refractivity contribution is 5.95. The molecule has 1 saturated heterocycles. The summed E-state index contributed by atoms with van der Waals surface area (Å²) in [5.74, 6) is -1.09. The first-order valence-corrected chi connectivity index (χ1v) is 7.53. The van der Waals surface area contributed by atoms with Gasteiger partial charge in [0.2, 0.25) is 0 Å². The fourth-order valence-corrected chi connectivity index (χ4v) is 2.69. The molecule has 0 radical (unpaired) electrons. The number of hydrogen-bond acceptors (Lipinski definition) is 4. The molecule has 2 rings (SSSR count). The Bertz CT molecular complexity index is 579. The molecule has 1 heterocycles. The molecule has 0 bridgehead atoms. The van der Waals surface area contributed by atoms with Gasteiger partial charge in [-0.3, -0.25) is 4.79 Å². The van der Waals surface area contributed by atoms with Gasteiger partial charge in [-0.25, -0.2) is 0 Å². The second kappa shape index (κ2) is 7.65. The van der Waals surface area contributed by atoms with E-state index < -0.39 is 18.2 Å². The maximum atomic E-state index is 12.5. The van der Waals surface area contributed by atoms with Gasteiger partial charge in [-0.15, -0.1) is 0 Å². The van der Waals surface area contributed by atoms with Gasteiger partial charge in [0, 0.05) is 18.7 Å². The van der Waals surface area contributed by atoms with Gasteiger partial charge in [0.15, 0.2) is 6.10 Å². The average Bonchev–Trinajstić information content (AvgIpc) is 2.58. The lowest BCUT2D eigenvalue weighted by Crippen LogP contribution is -2.45. The normalized spacial score (nSPS) is 18.0. The molecule has 8 heteroatoms. The summed E-state index contributed by atoms with van der Waals surface area (Å²) in [6.45, 7) is 0.396. The van der Waals surface area contributed by atoms with Crippen molar-refractivity contribution in [3.63, 3.8) is 0 Å². The molecule has 1 fully saturated rings. The monoisotopic (exact) mass is 344 g/mol. The number of benzene rings is 1. The van der Waals surface area contributed by atoms with E-state index >= 15 is 0 Å². The molecule has 1 aliphatic heterocycles. The highest BCUT2D eigenvalue weighted by Gasteiger charge is 2.44. The third-order valence-corrected chi connectivity index (χ3v) is 4.07. The van der Waals surface area contributed by atoms with Gasteiger partial charge in [0.25, 0.3) is 5.91 Å². The highest BCUT2D eigenvalue weighted by atomic mass is 19.4. The van der Waals surface area contributed by atoms with Gasteiger partial charge in [0.1, 0.15) is 7.11 Å². The molecule has 1 aromatic rings. The fraction of sp³-hybridized carbons (Fsp3) is 0.500. The van der Waals surface area contributed by atoms with Crippen molar-refractivity contribution in [1.29, 1.82) is 0 Å². The van der Waals surface area contributed by atoms with Crippen LogP contribution in [0.15, 0.2) is 29.4 Å². The molecule has 0 aliphatic carbocycles. The van der Waals surface area contributed by atoms with Crippen LogP contribution in [0, 0.1) is 5.92 Å². The van der Waals surface area contributed by atoms with Crippen molar-refractivity contribution in [1.82, 2.24) is 4.90 Å². The number of likely N-dealkylation sites (tertiary alicyclic amines) is 1. The van der Waals surface area contributed by atoms with Crippen LogP contribution < -0.4 is 0 Å². The Morgan fingerprint density at radius 2 is 1.92 bits per heavy atom. The molecule has 0 saturated carbocycles. The third-order valence-electron chi connectivity index (χ3n) is 4.07. The summed E-state index contributed by atoms with van der Waals surface area (Å²) in [5.41, 5.74) is 1.22. The minimum atomic E-state index is -4.61. The smallest absolute Gasteiger partial charge is 0.399 e. The van der Waals surface area contributed by atoms with Gasteiger partial charge in [-0.1, -0.05) is 17.3 Å². The third kappa shape index (κ3) is 4.47. The molecule has 24 heavy (non-hydrogen) atoms. The number of carbonyl (C=O) groups excluding carboxylic acids is 1. The van der Waals surface area contributed by atoms with Crippen LogP contribution in [0.4, 0.5) is 13.2 Å². The summed E-state index contributed by atoms with van der Waals surface area (Å²) >= 11 is 0. The van der Waals surface area contributed by atoms with Crippen molar-refractivity contribution in [3.05, 3.63) is 35.4 Å². The Labute approximate surface area is 137 Å². The molecular weight excluding hydrogens is 325 g/mol. The summed E-state index contributed by atoms with van der Waals surface area (Å²) in [5, 5.41) is 12.9. The molecule has 1 N–H and O–H groups in total. The van der Waals surface area contributed by atoms with Crippen LogP contribution >= 0.6 is 0 Å². The number of aliphatic hydroxyl groups is 1. The van der Waals surface area contributed by atoms with Crippen LogP contribution in [0.1, 0.15) is 28.8 Å². The van der Waals surface area contributed by atoms with Crippen LogP contribution in [0.5, 0.6) is 0 Å². The van der Waals surface area contributed by atoms with E-state index in [2.05, 4.69) is 9.99 Å². The van der Waals surface area contributed by atoms with E-state index in [4.69, 9.17) is 0 Å². The number of nitrogens with zero attached hydrogens (tertiary/aromatic N) is 2. The summed E-state index contributed by atoms with van der Waals surface area (Å²) in [7, 11) is 1.42. The van der Waals surface area contributed by atoms with Crippen LogP contribution in [0.3, 0.4) is 0 Å². The summed E-state index contributed by atoms with van der Waals surface area (Å²) in [4.78, 5) is 18.5. The molecule has 1 amide bonds. The Kier molecular flexibility index (Phi) is 5.82. The number of rotatable bonds is 4. The van der Waals surface area contributed by atoms with Crippen molar-refractivity contribution in [2.45, 2.75) is 25.1 Å². The maximum absolute atomic E-state index is 12.5. The second-order valence-electron chi connectivity index (χ2n) is 5.66. The topological polar surface area (TPSA) is 62.1 Å². The minimum Gasteiger partial charge on any atom is -0.399 e. The standard InChI is InChI=1S/C16H19F3N2O3/c1-24-20-10-11-2-4-13(5-3-11)15(23)21-8-6-12(7-9-21)14(22)16(17,18)19/h2-5,10,12,14,22H,6-9H2,1H3/b20-10+. The van der Waals surface area contributed by atoms with Crippen LogP contribution in [0.25, 0.3) is 0 Å². The quantitative estimate of drug-likeness (QED) is 0.674. The number of carbonyl (C=O) groups is 1. The summed E-state index contributed by atoms with van der Waals surface area (Å²) in [6, 6.07) is 6.68. The van der Waals surface area contributed by atoms with Gasteiger partial charge >= 0.3 is 6.18 Å². The molecule has 1 atom stereocenters. The van der Waals surface area contributed by atoms with Gasteiger partial charge in [-0.05, 0) is 36.5 Å². The SMILES string of the molecule is CO/N=C/c1ccc(C(=O)N2CCC(C(O)C(F)(F)F)CC2)cc1. The Morgan fingerprint density at radius 3 is 2.42 bits per heavy atom. The second-order valence-corrected chi connectivity index (χ2v) is 5.66. The van der Waals surface area contributed by atoms with Gasteiger partial charge in [0.05, 0.1) is 6.21 Å². The van der Waals surface area contributed by atoms with E-state index in [9.17, 15) is 23.1 Å². The average molecular weight is 344 g/mol. The summed E-state index contributed by atoms with van der Waals surface area (Å²) < 4.78 is 37.6. The van der Waals surface area contributed by atoms with E-state index in [1.807, 2.05) is 0 Å². The van der Waals surface area contributed by atoms with Crippen molar-refractivity contribution in [2.24, 2.45) is 11.1 Å². The van der Waals surface area contributed by atoms with Crippen molar-refractivity contribution in [2.75, 3.05) is 20.2 Å². The molecule has 5 nitrogen and oxygen atoms in total. The lowest BCUT2D eigenvalue weighted by Gasteiger charge is -2.34. The van der Waals surface area contributed by atoms with Gasteiger partial charge in [-0.2, -0.15) is 13.2 Å². The van der Waals surface area contributed by atoms with Crippen LogP contribution in [-0.4, -0.2) is 54.6 Å². The Morgan fingerprint density at radius 1 is 1.33 bits per heavy atom. The Hall–Kier alpha value is -2.09. The zero-order valence-corrected chi connectivity index (χ0v) is 13.2. The lowest BCUT2D eigenvalue weighted by molar-refractivity contribution is -0.222. The van der Waals surface area contributed by atoms with Crippen LogP contribution in [0.2, 0.25) is 0 Å². The zero-order valence-electron chi connectivity index (χ0n) is 13.2. The number of halogens is 3. The molecule has 1 aromatic carbocycles. The largest absolute Gasteiger partial charge is 0.414 e.